The lowest BCUT2D eigenvalue weighted by atomic mass is 9.73. The summed E-state index contributed by atoms with van der Waals surface area (Å²) in [5, 5.41) is 2.23. The average molecular weight is 152 g/mol. The van der Waals surface area contributed by atoms with Crippen molar-refractivity contribution in [2.24, 2.45) is 11.8 Å². The van der Waals surface area contributed by atoms with Crippen molar-refractivity contribution in [3.63, 3.8) is 0 Å². The largest absolute Gasteiger partial charge is 0.299 e. The lowest BCUT2D eigenvalue weighted by Gasteiger charge is -2.50. The smallest absolute Gasteiger partial charge is 0.141 e. The lowest BCUT2D eigenvalue weighted by Crippen LogP contribution is -2.66. The van der Waals surface area contributed by atoms with Crippen molar-refractivity contribution in [2.45, 2.75) is 18.9 Å². The summed E-state index contributed by atoms with van der Waals surface area (Å²) >= 11 is 0. The number of carbonyl (C=O) groups is 1. The molecule has 3 heterocycles. The van der Waals surface area contributed by atoms with Gasteiger partial charge >= 0.3 is 0 Å². The Morgan fingerprint density at radius 3 is 2.45 bits per heavy atom. The van der Waals surface area contributed by atoms with E-state index in [-0.39, 0.29) is 0 Å². The first-order valence-corrected chi connectivity index (χ1v) is 4.38. The van der Waals surface area contributed by atoms with Crippen molar-refractivity contribution in [3.05, 3.63) is 0 Å². The zero-order chi connectivity index (χ0) is 7.42. The molecule has 3 saturated heterocycles. The fourth-order valence-corrected chi connectivity index (χ4v) is 2.75. The van der Waals surface area contributed by atoms with E-state index in [2.05, 4.69) is 10.4 Å². The van der Waals surface area contributed by atoms with Gasteiger partial charge in [0.2, 0.25) is 0 Å². The van der Waals surface area contributed by atoms with Crippen LogP contribution in [0.2, 0.25) is 0 Å². The predicted molar refractivity (Wildman–Crippen MR) is 39.7 cm³/mol. The summed E-state index contributed by atoms with van der Waals surface area (Å²) in [4.78, 5) is 11.5. The minimum Gasteiger partial charge on any atom is -0.299 e. The van der Waals surface area contributed by atoms with Crippen molar-refractivity contribution < 1.29 is 4.79 Å². The standard InChI is InChI=1S/C8H12N2O/c11-8-5-1-7-2-6(8)4-10(3-5)9-7/h5-7,9H,1-4H2. The van der Waals surface area contributed by atoms with Crippen molar-refractivity contribution in [1.82, 2.24) is 10.4 Å². The molecule has 0 aromatic heterocycles. The molecule has 0 aromatic carbocycles. The highest BCUT2D eigenvalue weighted by molar-refractivity contribution is 5.85. The molecule has 60 valence electrons. The second-order valence-corrected chi connectivity index (χ2v) is 4.00. The quantitative estimate of drug-likeness (QED) is 0.521. The van der Waals surface area contributed by atoms with Gasteiger partial charge in [-0.3, -0.25) is 10.2 Å². The molecule has 4 fully saturated rings. The Kier molecular flexibility index (Phi) is 1.03. The van der Waals surface area contributed by atoms with E-state index >= 15 is 0 Å². The minimum absolute atomic E-state index is 0.369. The lowest BCUT2D eigenvalue weighted by molar-refractivity contribution is -0.145. The van der Waals surface area contributed by atoms with Gasteiger partial charge in [-0.15, -0.1) is 0 Å². The van der Waals surface area contributed by atoms with Crippen molar-refractivity contribution in [2.75, 3.05) is 13.1 Å². The van der Waals surface area contributed by atoms with Crippen LogP contribution in [-0.4, -0.2) is 29.9 Å². The van der Waals surface area contributed by atoms with E-state index in [1.165, 1.54) is 0 Å². The van der Waals surface area contributed by atoms with Gasteiger partial charge in [0.15, 0.2) is 0 Å². The molecule has 4 bridgehead atoms. The molecule has 0 spiro atoms. The van der Waals surface area contributed by atoms with Crippen LogP contribution in [0.4, 0.5) is 0 Å². The highest BCUT2D eigenvalue weighted by Crippen LogP contribution is 2.35. The number of rotatable bonds is 0. The zero-order valence-corrected chi connectivity index (χ0v) is 6.42. The summed E-state index contributed by atoms with van der Waals surface area (Å²) in [5.41, 5.74) is 3.42. The summed E-state index contributed by atoms with van der Waals surface area (Å²) in [7, 11) is 0. The molecule has 2 unspecified atom stereocenters. The summed E-state index contributed by atoms with van der Waals surface area (Å²) in [5.74, 6) is 1.28. The molecular weight excluding hydrogens is 140 g/mol. The van der Waals surface area contributed by atoms with E-state index in [1.807, 2.05) is 0 Å². The Balaban J connectivity index is 1.96. The van der Waals surface area contributed by atoms with Gasteiger partial charge in [-0.05, 0) is 12.8 Å². The summed E-state index contributed by atoms with van der Waals surface area (Å²) in [6.07, 6.45) is 2.18. The number of ketones is 1. The van der Waals surface area contributed by atoms with E-state index in [9.17, 15) is 4.79 Å². The second kappa shape index (κ2) is 1.84. The summed E-state index contributed by atoms with van der Waals surface area (Å²) in [6, 6.07) is 0.616. The Hall–Kier alpha value is -0.410. The first-order valence-electron chi connectivity index (χ1n) is 4.38. The molecule has 3 nitrogen and oxygen atoms in total. The molecule has 3 aliphatic heterocycles. The van der Waals surface area contributed by atoms with E-state index in [0.717, 1.165) is 25.9 Å². The summed E-state index contributed by atoms with van der Waals surface area (Å²) < 4.78 is 0. The van der Waals surface area contributed by atoms with Crippen LogP contribution in [0.15, 0.2) is 0 Å². The Bertz CT molecular complexity index is 184. The number of nitrogens with zero attached hydrogens (tertiary/aromatic N) is 1. The first-order chi connectivity index (χ1) is 5.33. The Morgan fingerprint density at radius 2 is 1.91 bits per heavy atom. The van der Waals surface area contributed by atoms with Gasteiger partial charge in [0.05, 0.1) is 0 Å². The third kappa shape index (κ3) is 0.726. The SMILES string of the molecule is O=C1C2CC3CC1CN(C2)N3. The van der Waals surface area contributed by atoms with Crippen LogP contribution in [0.1, 0.15) is 12.8 Å². The molecule has 11 heavy (non-hydrogen) atoms. The van der Waals surface area contributed by atoms with E-state index in [4.69, 9.17) is 0 Å². The van der Waals surface area contributed by atoms with Crippen LogP contribution in [0.25, 0.3) is 0 Å². The number of hydrazine groups is 1. The van der Waals surface area contributed by atoms with Gasteiger partial charge < -0.3 is 0 Å². The first kappa shape index (κ1) is 6.14. The molecule has 0 amide bonds. The maximum absolute atomic E-state index is 11.5. The van der Waals surface area contributed by atoms with E-state index in [1.54, 1.807) is 0 Å². The van der Waals surface area contributed by atoms with Crippen LogP contribution in [-0.2, 0) is 4.79 Å². The third-order valence-corrected chi connectivity index (χ3v) is 3.19. The topological polar surface area (TPSA) is 32.3 Å². The molecule has 4 rings (SSSR count). The normalized spacial score (nSPS) is 53.6. The average Bonchev–Trinajstić information content (AvgIpc) is 1.98. The molecule has 3 heteroatoms. The number of hydrogen-bond acceptors (Lipinski definition) is 3. The molecule has 0 radical (unpaired) electrons. The van der Waals surface area contributed by atoms with Crippen LogP contribution in [0.5, 0.6) is 0 Å². The Labute approximate surface area is 65.7 Å². The number of hydrogen-bond donors (Lipinski definition) is 1. The third-order valence-electron chi connectivity index (χ3n) is 3.19. The van der Waals surface area contributed by atoms with E-state index < -0.39 is 0 Å². The fraction of sp³-hybridized carbons (Fsp3) is 0.875. The number of carbonyl (C=O) groups excluding carboxylic acids is 1. The second-order valence-electron chi connectivity index (χ2n) is 4.00. The van der Waals surface area contributed by atoms with E-state index in [0.29, 0.717) is 23.7 Å². The summed E-state index contributed by atoms with van der Waals surface area (Å²) in [6.45, 7) is 1.93. The molecule has 2 atom stereocenters. The maximum Gasteiger partial charge on any atom is 0.141 e. The van der Waals surface area contributed by atoms with Gasteiger partial charge in [0.25, 0.3) is 0 Å². The van der Waals surface area contributed by atoms with Crippen molar-refractivity contribution in [3.8, 4) is 0 Å². The zero-order valence-electron chi connectivity index (χ0n) is 6.42. The van der Waals surface area contributed by atoms with Gasteiger partial charge in [0.1, 0.15) is 5.78 Å². The van der Waals surface area contributed by atoms with Gasteiger partial charge in [-0.25, -0.2) is 5.01 Å². The van der Waals surface area contributed by atoms with Crippen LogP contribution < -0.4 is 5.43 Å². The molecule has 1 saturated carbocycles. The molecule has 1 aliphatic carbocycles. The van der Waals surface area contributed by atoms with Gasteiger partial charge in [-0.2, -0.15) is 0 Å². The molecule has 0 aromatic rings. The molecule has 1 N–H and O–H groups in total. The number of nitrogens with one attached hydrogen (secondary N) is 1. The van der Waals surface area contributed by atoms with Crippen molar-refractivity contribution in [1.29, 1.82) is 0 Å². The monoisotopic (exact) mass is 152 g/mol. The van der Waals surface area contributed by atoms with Gasteiger partial charge in [-0.1, -0.05) is 0 Å². The minimum atomic E-state index is 0.369. The van der Waals surface area contributed by atoms with Crippen LogP contribution in [0.3, 0.4) is 0 Å². The highest BCUT2D eigenvalue weighted by atomic mass is 16.1. The maximum atomic E-state index is 11.5. The predicted octanol–water partition coefficient (Wildman–Crippen LogP) is -0.216. The number of piperidine rings is 1. The van der Waals surface area contributed by atoms with Gasteiger partial charge in [0, 0.05) is 31.0 Å². The van der Waals surface area contributed by atoms with Crippen LogP contribution >= 0.6 is 0 Å². The number of Topliss-reactive ketones (excluding diaryl/α,β-unsaturated/α-hetero) is 1. The Morgan fingerprint density at radius 1 is 1.27 bits per heavy atom. The highest BCUT2D eigenvalue weighted by Gasteiger charge is 2.46. The fourth-order valence-electron chi connectivity index (χ4n) is 2.75. The molecular formula is C8H12N2O. The van der Waals surface area contributed by atoms with Crippen LogP contribution in [0, 0.1) is 11.8 Å². The van der Waals surface area contributed by atoms with Crippen molar-refractivity contribution >= 4 is 5.78 Å². The molecule has 4 aliphatic rings.